The van der Waals surface area contributed by atoms with E-state index in [1.54, 1.807) is 19.1 Å². The van der Waals surface area contributed by atoms with Gasteiger partial charge in [-0.2, -0.15) is 0 Å². The van der Waals surface area contributed by atoms with Crippen LogP contribution in [-0.2, 0) is 14.8 Å². The lowest BCUT2D eigenvalue weighted by Crippen LogP contribution is -2.26. The second-order valence-corrected chi connectivity index (χ2v) is 6.76. The van der Waals surface area contributed by atoms with Crippen molar-refractivity contribution >= 4 is 26.0 Å². The molecule has 0 spiro atoms. The molecule has 0 heterocycles. The molecular formula is C13H20BrNO5S. The third-order valence-corrected chi connectivity index (χ3v) is 4.46. The summed E-state index contributed by atoms with van der Waals surface area (Å²) in [6.07, 6.45) is 0.525. The average Bonchev–Trinajstić information content (AvgIpc) is 2.45. The summed E-state index contributed by atoms with van der Waals surface area (Å²) in [5.41, 5.74) is 0. The molecular weight excluding hydrogens is 362 g/mol. The van der Waals surface area contributed by atoms with Crippen molar-refractivity contribution in [3.63, 3.8) is 0 Å². The number of hydrogen-bond donors (Lipinski definition) is 2. The van der Waals surface area contributed by atoms with Crippen LogP contribution in [0.5, 0.6) is 5.75 Å². The summed E-state index contributed by atoms with van der Waals surface area (Å²) in [7, 11) is -3.64. The molecule has 0 aromatic heterocycles. The summed E-state index contributed by atoms with van der Waals surface area (Å²) in [6, 6.07) is 4.86. The van der Waals surface area contributed by atoms with Crippen molar-refractivity contribution < 1.29 is 23.0 Å². The van der Waals surface area contributed by atoms with Crippen LogP contribution in [0.25, 0.3) is 0 Å². The van der Waals surface area contributed by atoms with E-state index in [0.29, 0.717) is 29.9 Å². The lowest BCUT2D eigenvalue weighted by Gasteiger charge is -2.12. The molecule has 0 saturated heterocycles. The van der Waals surface area contributed by atoms with Gasteiger partial charge in [-0.25, -0.2) is 13.1 Å². The smallest absolute Gasteiger partial charge is 0.244 e. The van der Waals surface area contributed by atoms with Gasteiger partial charge in [0.2, 0.25) is 10.0 Å². The normalized spacial score (nSPS) is 11.6. The molecule has 6 nitrogen and oxygen atoms in total. The van der Waals surface area contributed by atoms with Crippen molar-refractivity contribution in [1.29, 1.82) is 0 Å². The van der Waals surface area contributed by atoms with Gasteiger partial charge in [0.15, 0.2) is 0 Å². The average molecular weight is 382 g/mol. The zero-order chi connectivity index (χ0) is 15.7. The SMILES string of the molecule is CCOc1ccc(Br)cc1S(=O)(=O)NCCCOCCO. The monoisotopic (exact) mass is 381 g/mol. The maximum Gasteiger partial charge on any atom is 0.244 e. The zero-order valence-corrected chi connectivity index (χ0v) is 14.2. The molecule has 0 amide bonds. The highest BCUT2D eigenvalue weighted by Crippen LogP contribution is 2.27. The quantitative estimate of drug-likeness (QED) is 0.600. The van der Waals surface area contributed by atoms with Gasteiger partial charge in [0.1, 0.15) is 10.6 Å². The van der Waals surface area contributed by atoms with Crippen molar-refractivity contribution in [2.24, 2.45) is 0 Å². The Hall–Kier alpha value is -0.670. The summed E-state index contributed by atoms with van der Waals surface area (Å²) in [5.74, 6) is 0.324. The number of aliphatic hydroxyl groups excluding tert-OH is 1. The highest BCUT2D eigenvalue weighted by Gasteiger charge is 2.19. The Bertz CT molecular complexity index is 535. The van der Waals surface area contributed by atoms with Gasteiger partial charge in [0, 0.05) is 17.6 Å². The number of rotatable bonds is 10. The third kappa shape index (κ3) is 6.31. The van der Waals surface area contributed by atoms with Gasteiger partial charge in [-0.15, -0.1) is 0 Å². The third-order valence-electron chi connectivity index (χ3n) is 2.49. The number of hydrogen-bond acceptors (Lipinski definition) is 5. The highest BCUT2D eigenvalue weighted by atomic mass is 79.9. The Morgan fingerprint density at radius 2 is 2.10 bits per heavy atom. The van der Waals surface area contributed by atoms with Crippen LogP contribution in [-0.4, -0.2) is 46.5 Å². The maximum atomic E-state index is 12.3. The second-order valence-electron chi connectivity index (χ2n) is 4.11. The van der Waals surface area contributed by atoms with Crippen LogP contribution in [0.4, 0.5) is 0 Å². The van der Waals surface area contributed by atoms with Crippen LogP contribution in [0.2, 0.25) is 0 Å². The summed E-state index contributed by atoms with van der Waals surface area (Å²) < 4.78 is 38.1. The van der Waals surface area contributed by atoms with E-state index in [1.165, 1.54) is 6.07 Å². The molecule has 0 aliphatic heterocycles. The molecule has 0 aliphatic carbocycles. The van der Waals surface area contributed by atoms with Gasteiger partial charge >= 0.3 is 0 Å². The Balaban J connectivity index is 2.67. The second kappa shape index (κ2) is 9.37. The summed E-state index contributed by atoms with van der Waals surface area (Å²) >= 11 is 3.26. The number of aliphatic hydroxyl groups is 1. The molecule has 1 aromatic carbocycles. The molecule has 0 aliphatic rings. The zero-order valence-electron chi connectivity index (χ0n) is 11.8. The number of sulfonamides is 1. The van der Waals surface area contributed by atoms with Crippen LogP contribution >= 0.6 is 15.9 Å². The first-order valence-electron chi connectivity index (χ1n) is 6.62. The minimum atomic E-state index is -3.64. The van der Waals surface area contributed by atoms with E-state index in [4.69, 9.17) is 14.6 Å². The Morgan fingerprint density at radius 1 is 1.33 bits per heavy atom. The van der Waals surface area contributed by atoms with Crippen molar-refractivity contribution in [1.82, 2.24) is 4.72 Å². The van der Waals surface area contributed by atoms with E-state index >= 15 is 0 Å². The van der Waals surface area contributed by atoms with E-state index in [-0.39, 0.29) is 24.7 Å². The fourth-order valence-corrected chi connectivity index (χ4v) is 3.35. The minimum Gasteiger partial charge on any atom is -0.492 e. The Morgan fingerprint density at radius 3 is 2.76 bits per heavy atom. The summed E-state index contributed by atoms with van der Waals surface area (Å²) in [5, 5.41) is 8.55. The fraction of sp³-hybridized carbons (Fsp3) is 0.538. The minimum absolute atomic E-state index is 0.0402. The first kappa shape index (κ1) is 18.4. The molecule has 0 fully saturated rings. The molecule has 0 radical (unpaired) electrons. The molecule has 1 rings (SSSR count). The molecule has 0 bridgehead atoms. The van der Waals surface area contributed by atoms with Gasteiger partial charge in [0.25, 0.3) is 0 Å². The first-order valence-corrected chi connectivity index (χ1v) is 8.89. The van der Waals surface area contributed by atoms with Crippen molar-refractivity contribution in [3.05, 3.63) is 22.7 Å². The number of benzene rings is 1. The van der Waals surface area contributed by atoms with E-state index < -0.39 is 10.0 Å². The van der Waals surface area contributed by atoms with Crippen molar-refractivity contribution in [2.45, 2.75) is 18.2 Å². The molecule has 2 N–H and O–H groups in total. The lowest BCUT2D eigenvalue weighted by molar-refractivity contribution is 0.0913. The van der Waals surface area contributed by atoms with Crippen LogP contribution in [0.3, 0.4) is 0 Å². The Labute approximate surface area is 133 Å². The van der Waals surface area contributed by atoms with Crippen LogP contribution in [0.1, 0.15) is 13.3 Å². The fourth-order valence-electron chi connectivity index (χ4n) is 1.59. The van der Waals surface area contributed by atoms with Gasteiger partial charge in [0.05, 0.1) is 19.8 Å². The maximum absolute atomic E-state index is 12.3. The first-order chi connectivity index (χ1) is 10.0. The van der Waals surface area contributed by atoms with E-state index in [1.807, 2.05) is 0 Å². The molecule has 21 heavy (non-hydrogen) atoms. The topological polar surface area (TPSA) is 84.9 Å². The van der Waals surface area contributed by atoms with Gasteiger partial charge in [-0.05, 0) is 31.5 Å². The summed E-state index contributed by atoms with van der Waals surface area (Å²) in [6.45, 7) is 3.05. The Kier molecular flexibility index (Phi) is 8.20. The van der Waals surface area contributed by atoms with Crippen LogP contribution in [0.15, 0.2) is 27.6 Å². The van der Waals surface area contributed by atoms with E-state index in [0.717, 1.165) is 0 Å². The molecule has 0 atom stereocenters. The number of nitrogens with one attached hydrogen (secondary N) is 1. The van der Waals surface area contributed by atoms with Gasteiger partial charge in [-0.3, -0.25) is 0 Å². The molecule has 0 unspecified atom stereocenters. The van der Waals surface area contributed by atoms with Crippen molar-refractivity contribution in [2.75, 3.05) is 33.0 Å². The molecule has 1 aromatic rings. The van der Waals surface area contributed by atoms with Crippen LogP contribution in [0, 0.1) is 0 Å². The number of halogens is 1. The number of ether oxygens (including phenoxy) is 2. The molecule has 8 heteroatoms. The van der Waals surface area contributed by atoms with Gasteiger partial charge < -0.3 is 14.6 Å². The van der Waals surface area contributed by atoms with Gasteiger partial charge in [-0.1, -0.05) is 15.9 Å². The van der Waals surface area contributed by atoms with Crippen molar-refractivity contribution in [3.8, 4) is 5.75 Å². The standard InChI is InChI=1S/C13H20BrNO5S/c1-2-20-12-5-4-11(14)10-13(12)21(17,18)15-6-3-8-19-9-7-16/h4-5,10,15-16H,2-3,6-9H2,1H3. The van der Waals surface area contributed by atoms with Crippen LogP contribution < -0.4 is 9.46 Å². The predicted molar refractivity (Wildman–Crippen MR) is 83.0 cm³/mol. The lowest BCUT2D eigenvalue weighted by atomic mass is 10.3. The largest absolute Gasteiger partial charge is 0.492 e. The molecule has 120 valence electrons. The summed E-state index contributed by atoms with van der Waals surface area (Å²) in [4.78, 5) is 0.106. The highest BCUT2D eigenvalue weighted by molar-refractivity contribution is 9.10. The van der Waals surface area contributed by atoms with E-state index in [9.17, 15) is 8.42 Å². The predicted octanol–water partition coefficient (Wildman–Crippen LogP) is 1.53. The van der Waals surface area contributed by atoms with E-state index in [2.05, 4.69) is 20.7 Å². The molecule has 0 saturated carbocycles.